The van der Waals surface area contributed by atoms with Crippen molar-refractivity contribution in [3.05, 3.63) is 82.2 Å². The second-order valence-electron chi connectivity index (χ2n) is 5.21. The standard InChI is InChI=1S/C17H14N4O3/c1-12-3-6-15(21(23)24)11-16(12)19-17(22)13-4-7-14(8-5-13)20-10-2-9-18-20/h2-11H,1H3,(H,19,22). The fraction of sp³-hybridized carbons (Fsp3) is 0.0588. The number of nitrogens with zero attached hydrogens (tertiary/aromatic N) is 3. The summed E-state index contributed by atoms with van der Waals surface area (Å²) in [5, 5.41) is 17.7. The molecule has 0 spiro atoms. The van der Waals surface area contributed by atoms with Crippen LogP contribution >= 0.6 is 0 Å². The van der Waals surface area contributed by atoms with Crippen LogP contribution in [-0.4, -0.2) is 20.6 Å². The number of nitro benzene ring substituents is 1. The monoisotopic (exact) mass is 322 g/mol. The maximum Gasteiger partial charge on any atom is 0.271 e. The first-order valence-electron chi connectivity index (χ1n) is 7.21. The van der Waals surface area contributed by atoms with Crippen molar-refractivity contribution in [1.29, 1.82) is 0 Å². The predicted octanol–water partition coefficient (Wildman–Crippen LogP) is 3.34. The molecule has 0 aliphatic heterocycles. The molecule has 120 valence electrons. The average Bonchev–Trinajstić information content (AvgIpc) is 3.11. The Balaban J connectivity index is 1.80. The van der Waals surface area contributed by atoms with Crippen LogP contribution in [-0.2, 0) is 0 Å². The van der Waals surface area contributed by atoms with Crippen LogP contribution in [0.2, 0.25) is 0 Å². The summed E-state index contributed by atoms with van der Waals surface area (Å²) in [6.45, 7) is 1.78. The van der Waals surface area contributed by atoms with Crippen molar-refractivity contribution in [2.45, 2.75) is 6.92 Å². The first-order chi connectivity index (χ1) is 11.5. The number of hydrogen-bond acceptors (Lipinski definition) is 4. The Labute approximate surface area is 137 Å². The van der Waals surface area contributed by atoms with E-state index in [1.54, 1.807) is 48.1 Å². The molecule has 0 radical (unpaired) electrons. The third-order valence-corrected chi connectivity index (χ3v) is 3.58. The van der Waals surface area contributed by atoms with E-state index in [2.05, 4.69) is 10.4 Å². The maximum absolute atomic E-state index is 12.3. The molecule has 0 saturated heterocycles. The van der Waals surface area contributed by atoms with Gasteiger partial charge in [-0.2, -0.15) is 5.10 Å². The summed E-state index contributed by atoms with van der Waals surface area (Å²) < 4.78 is 1.69. The number of hydrogen-bond donors (Lipinski definition) is 1. The van der Waals surface area contributed by atoms with E-state index in [1.807, 2.05) is 12.3 Å². The highest BCUT2D eigenvalue weighted by Crippen LogP contribution is 2.22. The zero-order chi connectivity index (χ0) is 17.1. The first-order valence-corrected chi connectivity index (χ1v) is 7.21. The zero-order valence-electron chi connectivity index (χ0n) is 12.8. The fourth-order valence-electron chi connectivity index (χ4n) is 2.24. The molecule has 0 atom stereocenters. The summed E-state index contributed by atoms with van der Waals surface area (Å²) in [7, 11) is 0. The van der Waals surface area contributed by atoms with E-state index >= 15 is 0 Å². The van der Waals surface area contributed by atoms with Crippen molar-refractivity contribution in [3.63, 3.8) is 0 Å². The first kappa shape index (κ1) is 15.4. The minimum absolute atomic E-state index is 0.0649. The zero-order valence-corrected chi connectivity index (χ0v) is 12.8. The molecule has 0 unspecified atom stereocenters. The highest BCUT2D eigenvalue weighted by molar-refractivity contribution is 6.04. The largest absolute Gasteiger partial charge is 0.321 e. The lowest BCUT2D eigenvalue weighted by molar-refractivity contribution is -0.384. The number of rotatable bonds is 4. The summed E-state index contributed by atoms with van der Waals surface area (Å²) >= 11 is 0. The molecule has 7 nitrogen and oxygen atoms in total. The Hall–Kier alpha value is -3.48. The van der Waals surface area contributed by atoms with Crippen LogP contribution in [0.3, 0.4) is 0 Å². The van der Waals surface area contributed by atoms with Crippen molar-refractivity contribution >= 4 is 17.3 Å². The van der Waals surface area contributed by atoms with E-state index in [0.29, 0.717) is 11.3 Å². The fourth-order valence-corrected chi connectivity index (χ4v) is 2.24. The molecule has 2 aromatic carbocycles. The Morgan fingerprint density at radius 2 is 1.96 bits per heavy atom. The van der Waals surface area contributed by atoms with E-state index in [-0.39, 0.29) is 11.6 Å². The van der Waals surface area contributed by atoms with Crippen molar-refractivity contribution in [1.82, 2.24) is 9.78 Å². The van der Waals surface area contributed by atoms with Crippen LogP contribution in [0.15, 0.2) is 60.9 Å². The highest BCUT2D eigenvalue weighted by Gasteiger charge is 2.12. The van der Waals surface area contributed by atoms with Crippen LogP contribution in [0.5, 0.6) is 0 Å². The number of carbonyl (C=O) groups excluding carboxylic acids is 1. The maximum atomic E-state index is 12.3. The van der Waals surface area contributed by atoms with Gasteiger partial charge in [0.1, 0.15) is 0 Å². The van der Waals surface area contributed by atoms with E-state index in [0.717, 1.165) is 11.3 Å². The molecule has 1 aromatic heterocycles. The van der Waals surface area contributed by atoms with E-state index in [9.17, 15) is 14.9 Å². The van der Waals surface area contributed by atoms with Gasteiger partial charge in [0.05, 0.1) is 16.3 Å². The Morgan fingerprint density at radius 1 is 1.21 bits per heavy atom. The molecule has 0 fully saturated rings. The molecule has 7 heteroatoms. The van der Waals surface area contributed by atoms with E-state index in [4.69, 9.17) is 0 Å². The minimum atomic E-state index is -0.492. The second kappa shape index (κ2) is 6.33. The third kappa shape index (κ3) is 3.14. The smallest absolute Gasteiger partial charge is 0.271 e. The van der Waals surface area contributed by atoms with Gasteiger partial charge in [0.15, 0.2) is 0 Å². The van der Waals surface area contributed by atoms with Gasteiger partial charge in [0.2, 0.25) is 0 Å². The normalized spacial score (nSPS) is 10.4. The molecule has 1 amide bonds. The number of nitrogens with one attached hydrogen (secondary N) is 1. The van der Waals surface area contributed by atoms with E-state index in [1.165, 1.54) is 12.1 Å². The number of amides is 1. The van der Waals surface area contributed by atoms with Crippen molar-refractivity contribution in [3.8, 4) is 5.69 Å². The number of non-ortho nitro benzene ring substituents is 1. The minimum Gasteiger partial charge on any atom is -0.321 e. The van der Waals surface area contributed by atoms with Gasteiger partial charge in [-0.05, 0) is 42.8 Å². The predicted molar refractivity (Wildman–Crippen MR) is 89.4 cm³/mol. The lowest BCUT2D eigenvalue weighted by Crippen LogP contribution is -2.13. The van der Waals surface area contributed by atoms with Gasteiger partial charge >= 0.3 is 0 Å². The van der Waals surface area contributed by atoms with Gasteiger partial charge in [-0.1, -0.05) is 6.07 Å². The topological polar surface area (TPSA) is 90.1 Å². The van der Waals surface area contributed by atoms with E-state index < -0.39 is 4.92 Å². The third-order valence-electron chi connectivity index (χ3n) is 3.58. The van der Waals surface area contributed by atoms with Gasteiger partial charge in [-0.25, -0.2) is 4.68 Å². The number of anilines is 1. The quantitative estimate of drug-likeness (QED) is 0.589. The number of carbonyl (C=O) groups is 1. The van der Waals surface area contributed by atoms with Crippen LogP contribution in [0, 0.1) is 17.0 Å². The molecule has 0 aliphatic carbocycles. The number of aromatic nitrogens is 2. The van der Waals surface area contributed by atoms with Crippen molar-refractivity contribution in [2.24, 2.45) is 0 Å². The summed E-state index contributed by atoms with van der Waals surface area (Å²) in [5.41, 5.74) is 2.40. The SMILES string of the molecule is Cc1ccc([N+](=O)[O-])cc1NC(=O)c1ccc(-n2cccn2)cc1. The van der Waals surface area contributed by atoms with Crippen LogP contribution in [0.4, 0.5) is 11.4 Å². The van der Waals surface area contributed by atoms with Gasteiger partial charge < -0.3 is 5.32 Å². The Bertz CT molecular complexity index is 887. The van der Waals surface area contributed by atoms with Crippen LogP contribution < -0.4 is 5.32 Å². The molecule has 1 N–H and O–H groups in total. The van der Waals surface area contributed by atoms with Gasteiger partial charge in [-0.3, -0.25) is 14.9 Å². The summed E-state index contributed by atoms with van der Waals surface area (Å²) in [6, 6.07) is 13.1. The Kier molecular flexibility index (Phi) is 4.07. The van der Waals surface area contributed by atoms with Gasteiger partial charge in [-0.15, -0.1) is 0 Å². The molecular weight excluding hydrogens is 308 g/mol. The second-order valence-corrected chi connectivity index (χ2v) is 5.21. The molecule has 24 heavy (non-hydrogen) atoms. The number of nitro groups is 1. The van der Waals surface area contributed by atoms with Gasteiger partial charge in [0, 0.05) is 30.1 Å². The number of benzene rings is 2. The van der Waals surface area contributed by atoms with Crippen molar-refractivity contribution in [2.75, 3.05) is 5.32 Å². The summed E-state index contributed by atoms with van der Waals surface area (Å²) in [4.78, 5) is 22.7. The lowest BCUT2D eigenvalue weighted by atomic mass is 10.1. The highest BCUT2D eigenvalue weighted by atomic mass is 16.6. The molecule has 0 saturated carbocycles. The Morgan fingerprint density at radius 3 is 2.58 bits per heavy atom. The molecular formula is C17H14N4O3. The van der Waals surface area contributed by atoms with Crippen LogP contribution in [0.25, 0.3) is 5.69 Å². The lowest BCUT2D eigenvalue weighted by Gasteiger charge is -2.09. The molecule has 3 aromatic rings. The molecule has 3 rings (SSSR count). The van der Waals surface area contributed by atoms with Crippen LogP contribution in [0.1, 0.15) is 15.9 Å². The van der Waals surface area contributed by atoms with Crippen molar-refractivity contribution < 1.29 is 9.72 Å². The molecule has 1 heterocycles. The number of aryl methyl sites for hydroxylation is 1. The summed E-state index contributed by atoms with van der Waals surface area (Å²) in [6.07, 6.45) is 3.48. The molecule has 0 aliphatic rings. The summed E-state index contributed by atoms with van der Waals surface area (Å²) in [5.74, 6) is -0.328. The van der Waals surface area contributed by atoms with Gasteiger partial charge in [0.25, 0.3) is 11.6 Å². The average molecular weight is 322 g/mol. The molecule has 0 bridgehead atoms.